The smallest absolute Gasteiger partial charge is 0.251 e. The number of aromatic nitrogens is 1. The average Bonchev–Trinajstić information content (AvgIpc) is 2.49. The van der Waals surface area contributed by atoms with Crippen LogP contribution in [0, 0.1) is 0 Å². The summed E-state index contributed by atoms with van der Waals surface area (Å²) in [5.74, 6) is -0.125. The van der Waals surface area contributed by atoms with Crippen molar-refractivity contribution in [3.63, 3.8) is 0 Å². The van der Waals surface area contributed by atoms with E-state index < -0.39 is 0 Å². The van der Waals surface area contributed by atoms with Crippen LogP contribution in [0.25, 0.3) is 0 Å². The number of carbonyl (C=O) groups excluding carboxylic acids is 1. The van der Waals surface area contributed by atoms with Crippen LogP contribution in [0.4, 0.5) is 0 Å². The third-order valence-corrected chi connectivity index (χ3v) is 2.85. The molecule has 19 heavy (non-hydrogen) atoms. The van der Waals surface area contributed by atoms with E-state index in [9.17, 15) is 4.79 Å². The van der Waals surface area contributed by atoms with Crippen molar-refractivity contribution in [2.75, 3.05) is 13.7 Å². The molecule has 4 heteroatoms. The topological polar surface area (TPSA) is 51.2 Å². The van der Waals surface area contributed by atoms with Gasteiger partial charge >= 0.3 is 0 Å². The summed E-state index contributed by atoms with van der Waals surface area (Å²) >= 11 is 0. The van der Waals surface area contributed by atoms with Gasteiger partial charge in [-0.05, 0) is 17.7 Å². The molecule has 1 aromatic carbocycles. The molecule has 1 N–H and O–H groups in total. The lowest BCUT2D eigenvalue weighted by Crippen LogP contribution is -2.29. The second kappa shape index (κ2) is 6.66. The third-order valence-electron chi connectivity index (χ3n) is 2.85. The number of carbonyl (C=O) groups is 1. The molecule has 4 nitrogen and oxygen atoms in total. The Morgan fingerprint density at radius 3 is 2.53 bits per heavy atom. The number of hydrogen-bond acceptors (Lipinski definition) is 3. The van der Waals surface area contributed by atoms with E-state index in [1.54, 1.807) is 31.6 Å². The Labute approximate surface area is 112 Å². The molecular formula is C15H16N2O2. The molecule has 0 aliphatic heterocycles. The van der Waals surface area contributed by atoms with E-state index in [1.807, 2.05) is 30.3 Å². The fourth-order valence-corrected chi connectivity index (χ4v) is 1.80. The van der Waals surface area contributed by atoms with Gasteiger partial charge in [0.1, 0.15) is 0 Å². The Morgan fingerprint density at radius 1 is 1.21 bits per heavy atom. The molecule has 0 saturated carbocycles. The number of methoxy groups -OCH3 is 1. The third kappa shape index (κ3) is 3.63. The molecule has 0 fully saturated rings. The van der Waals surface area contributed by atoms with Crippen molar-refractivity contribution in [1.82, 2.24) is 10.3 Å². The first kappa shape index (κ1) is 13.2. The summed E-state index contributed by atoms with van der Waals surface area (Å²) in [5, 5.41) is 2.86. The van der Waals surface area contributed by atoms with Crippen LogP contribution in [0.3, 0.4) is 0 Å². The average molecular weight is 256 g/mol. The number of nitrogens with one attached hydrogen (secondary N) is 1. The van der Waals surface area contributed by atoms with Gasteiger partial charge in [0.25, 0.3) is 5.91 Å². The molecule has 0 bridgehead atoms. The van der Waals surface area contributed by atoms with Crippen molar-refractivity contribution in [3.8, 4) is 0 Å². The molecule has 1 aromatic heterocycles. The fraction of sp³-hybridized carbons (Fsp3) is 0.200. The molecule has 1 atom stereocenters. The number of pyridine rings is 1. The van der Waals surface area contributed by atoms with Crippen molar-refractivity contribution < 1.29 is 9.53 Å². The Balaban J connectivity index is 1.96. The maximum absolute atomic E-state index is 11.9. The van der Waals surface area contributed by atoms with E-state index in [1.165, 1.54) is 0 Å². The summed E-state index contributed by atoms with van der Waals surface area (Å²) in [4.78, 5) is 15.8. The van der Waals surface area contributed by atoms with E-state index >= 15 is 0 Å². The van der Waals surface area contributed by atoms with E-state index in [2.05, 4.69) is 10.3 Å². The van der Waals surface area contributed by atoms with Crippen LogP contribution in [-0.2, 0) is 4.74 Å². The summed E-state index contributed by atoms with van der Waals surface area (Å²) in [7, 11) is 1.64. The summed E-state index contributed by atoms with van der Waals surface area (Å²) < 4.78 is 5.40. The molecule has 0 unspecified atom stereocenters. The minimum atomic E-state index is -0.146. The first-order chi connectivity index (χ1) is 9.31. The van der Waals surface area contributed by atoms with Crippen LogP contribution >= 0.6 is 0 Å². The van der Waals surface area contributed by atoms with Gasteiger partial charge in [0.05, 0.1) is 6.10 Å². The molecule has 2 rings (SSSR count). The zero-order chi connectivity index (χ0) is 13.5. The number of rotatable bonds is 5. The normalized spacial score (nSPS) is 11.8. The van der Waals surface area contributed by atoms with Gasteiger partial charge in [-0.15, -0.1) is 0 Å². The molecule has 1 amide bonds. The van der Waals surface area contributed by atoms with Gasteiger partial charge < -0.3 is 10.1 Å². The summed E-state index contributed by atoms with van der Waals surface area (Å²) in [6.07, 6.45) is 3.05. The SMILES string of the molecule is CO[C@H](CNC(=O)c1ccncc1)c1ccccc1. The van der Waals surface area contributed by atoms with Gasteiger partial charge in [-0.3, -0.25) is 9.78 Å². The Morgan fingerprint density at radius 2 is 1.89 bits per heavy atom. The number of hydrogen-bond donors (Lipinski definition) is 1. The first-order valence-electron chi connectivity index (χ1n) is 6.07. The van der Waals surface area contributed by atoms with Gasteiger partial charge in [0.15, 0.2) is 0 Å². The van der Waals surface area contributed by atoms with Crippen LogP contribution < -0.4 is 5.32 Å². The van der Waals surface area contributed by atoms with Crippen molar-refractivity contribution in [2.24, 2.45) is 0 Å². The minimum Gasteiger partial charge on any atom is -0.375 e. The Bertz CT molecular complexity index is 514. The summed E-state index contributed by atoms with van der Waals surface area (Å²) in [5.41, 5.74) is 1.64. The number of ether oxygens (including phenoxy) is 1. The number of benzene rings is 1. The lowest BCUT2D eigenvalue weighted by Gasteiger charge is -2.16. The van der Waals surface area contributed by atoms with Crippen molar-refractivity contribution in [2.45, 2.75) is 6.10 Å². The molecule has 0 spiro atoms. The predicted octanol–water partition coefficient (Wildman–Crippen LogP) is 2.20. The highest BCUT2D eigenvalue weighted by Gasteiger charge is 2.12. The molecule has 0 radical (unpaired) electrons. The van der Waals surface area contributed by atoms with Crippen LogP contribution in [-0.4, -0.2) is 24.5 Å². The standard InChI is InChI=1S/C15H16N2O2/c1-19-14(12-5-3-2-4-6-12)11-17-15(18)13-7-9-16-10-8-13/h2-10,14H,11H2,1H3,(H,17,18)/t14-/m1/s1. The Hall–Kier alpha value is -2.20. The lowest BCUT2D eigenvalue weighted by molar-refractivity contribution is 0.0828. The highest BCUT2D eigenvalue weighted by Crippen LogP contribution is 2.14. The van der Waals surface area contributed by atoms with Crippen molar-refractivity contribution in [3.05, 3.63) is 66.0 Å². The number of amides is 1. The van der Waals surface area contributed by atoms with Crippen LogP contribution in [0.1, 0.15) is 22.0 Å². The van der Waals surface area contributed by atoms with Crippen LogP contribution in [0.2, 0.25) is 0 Å². The monoisotopic (exact) mass is 256 g/mol. The zero-order valence-electron chi connectivity index (χ0n) is 10.7. The van der Waals surface area contributed by atoms with Gasteiger partial charge in [0, 0.05) is 31.6 Å². The fourth-order valence-electron chi connectivity index (χ4n) is 1.80. The molecule has 1 heterocycles. The Kier molecular flexibility index (Phi) is 4.64. The van der Waals surface area contributed by atoms with Gasteiger partial charge in [-0.2, -0.15) is 0 Å². The maximum Gasteiger partial charge on any atom is 0.251 e. The van der Waals surface area contributed by atoms with Crippen molar-refractivity contribution >= 4 is 5.91 Å². The van der Waals surface area contributed by atoms with Gasteiger partial charge in [-0.1, -0.05) is 30.3 Å². The van der Waals surface area contributed by atoms with Gasteiger partial charge in [0.2, 0.25) is 0 Å². The second-order valence-corrected chi connectivity index (χ2v) is 4.08. The summed E-state index contributed by atoms with van der Waals surface area (Å²) in [6, 6.07) is 13.2. The van der Waals surface area contributed by atoms with Crippen LogP contribution in [0.5, 0.6) is 0 Å². The van der Waals surface area contributed by atoms with E-state index in [0.717, 1.165) is 5.56 Å². The molecule has 0 aliphatic rings. The molecular weight excluding hydrogens is 240 g/mol. The van der Waals surface area contributed by atoms with E-state index in [0.29, 0.717) is 12.1 Å². The van der Waals surface area contributed by atoms with Gasteiger partial charge in [-0.25, -0.2) is 0 Å². The summed E-state index contributed by atoms with van der Waals surface area (Å²) in [6.45, 7) is 0.432. The zero-order valence-corrected chi connectivity index (χ0v) is 10.7. The number of nitrogens with zero attached hydrogens (tertiary/aromatic N) is 1. The van der Waals surface area contributed by atoms with E-state index in [-0.39, 0.29) is 12.0 Å². The lowest BCUT2D eigenvalue weighted by atomic mass is 10.1. The second-order valence-electron chi connectivity index (χ2n) is 4.08. The van der Waals surface area contributed by atoms with Crippen LogP contribution in [0.15, 0.2) is 54.9 Å². The molecule has 0 saturated heterocycles. The molecule has 0 aliphatic carbocycles. The largest absolute Gasteiger partial charge is 0.375 e. The predicted molar refractivity (Wildman–Crippen MR) is 72.8 cm³/mol. The minimum absolute atomic E-state index is 0.125. The maximum atomic E-state index is 11.9. The first-order valence-corrected chi connectivity index (χ1v) is 6.07. The molecule has 98 valence electrons. The highest BCUT2D eigenvalue weighted by atomic mass is 16.5. The van der Waals surface area contributed by atoms with E-state index in [4.69, 9.17) is 4.74 Å². The highest BCUT2D eigenvalue weighted by molar-refractivity contribution is 5.93. The van der Waals surface area contributed by atoms with Crippen molar-refractivity contribution in [1.29, 1.82) is 0 Å². The quantitative estimate of drug-likeness (QED) is 0.892. The molecule has 2 aromatic rings.